The fourth-order valence-electron chi connectivity index (χ4n) is 7.35. The molecule has 1 saturated heterocycles. The van der Waals surface area contributed by atoms with Gasteiger partial charge in [0.2, 0.25) is 0 Å². The Morgan fingerprint density at radius 3 is 2.00 bits per heavy atom. The van der Waals surface area contributed by atoms with Crippen molar-refractivity contribution in [3.8, 4) is 11.4 Å². The van der Waals surface area contributed by atoms with Gasteiger partial charge in [0.25, 0.3) is 0 Å². The van der Waals surface area contributed by atoms with Crippen LogP contribution in [-0.2, 0) is 12.1 Å². The monoisotopic (exact) mass is 672 g/mol. The summed E-state index contributed by atoms with van der Waals surface area (Å²) >= 11 is 5.64. The van der Waals surface area contributed by atoms with E-state index >= 15 is 0 Å². The van der Waals surface area contributed by atoms with E-state index in [1.54, 1.807) is 28.4 Å². The Bertz CT molecular complexity index is 1830. The number of nitrogens with zero attached hydrogens (tertiary/aromatic N) is 3. The highest BCUT2D eigenvalue weighted by Crippen LogP contribution is 2.47. The van der Waals surface area contributed by atoms with Crippen LogP contribution >= 0.6 is 34.9 Å². The molecule has 2 aliphatic rings. The van der Waals surface area contributed by atoms with Gasteiger partial charge in [0.15, 0.2) is 0 Å². The summed E-state index contributed by atoms with van der Waals surface area (Å²) in [6.07, 6.45) is 8.66. The van der Waals surface area contributed by atoms with E-state index in [4.69, 9.17) is 4.98 Å². The zero-order valence-corrected chi connectivity index (χ0v) is 29.1. The van der Waals surface area contributed by atoms with Gasteiger partial charge in [-0.25, -0.2) is 4.98 Å². The average molecular weight is 673 g/mol. The molecule has 238 valence electrons. The van der Waals surface area contributed by atoms with Crippen LogP contribution in [-0.4, -0.2) is 45.9 Å². The predicted octanol–water partition coefficient (Wildman–Crippen LogP) is 10.6. The van der Waals surface area contributed by atoms with Crippen molar-refractivity contribution in [3.63, 3.8) is 0 Å². The number of rotatable bonds is 9. The summed E-state index contributed by atoms with van der Waals surface area (Å²) in [6, 6.07) is 39.3. The first-order chi connectivity index (χ1) is 23.2. The number of piperazine rings is 1. The van der Waals surface area contributed by atoms with E-state index in [-0.39, 0.29) is 5.54 Å². The van der Waals surface area contributed by atoms with Gasteiger partial charge in [-0.15, -0.1) is 11.3 Å². The van der Waals surface area contributed by atoms with E-state index in [0.717, 1.165) is 38.5 Å². The number of imidazole rings is 1. The Morgan fingerprint density at radius 2 is 1.34 bits per heavy atom. The number of benzene rings is 4. The fourth-order valence-corrected chi connectivity index (χ4v) is 10.8. The van der Waals surface area contributed by atoms with E-state index in [1.165, 1.54) is 73.0 Å². The number of aromatic amines is 1. The molecule has 0 radical (unpaired) electrons. The normalized spacial score (nSPS) is 17.3. The molecule has 1 N–H and O–H groups in total. The standard InChI is InChI=1S/C40H40N4S3/c1-4-14-32(15-5-1)45-35-19-12-20-36(46-33-16-6-2-7-17-33)38(35)39-41-28-31(42-39)29-43-23-25-44(26-24-43)40(21-10-3-11-22-40)37-27-30-13-8-9-18-34(30)47-37/h1-2,4-9,12-20,27-28H,3,10-11,21-26,29H2,(H,41,42). The second-order valence-corrected chi connectivity index (χ2v) is 16.0. The minimum absolute atomic E-state index is 0.197. The molecule has 0 spiro atoms. The van der Waals surface area contributed by atoms with Gasteiger partial charge in [-0.1, -0.05) is 103 Å². The van der Waals surface area contributed by atoms with Gasteiger partial charge in [-0.3, -0.25) is 9.80 Å². The van der Waals surface area contributed by atoms with Crippen LogP contribution in [0.1, 0.15) is 42.7 Å². The van der Waals surface area contributed by atoms with Crippen LogP contribution in [0.5, 0.6) is 0 Å². The summed E-state index contributed by atoms with van der Waals surface area (Å²) in [4.78, 5) is 20.7. The summed E-state index contributed by atoms with van der Waals surface area (Å²) < 4.78 is 1.43. The Morgan fingerprint density at radius 1 is 0.702 bits per heavy atom. The van der Waals surface area contributed by atoms with Crippen molar-refractivity contribution >= 4 is 44.9 Å². The predicted molar refractivity (Wildman–Crippen MR) is 199 cm³/mol. The third-order valence-electron chi connectivity index (χ3n) is 9.73. The van der Waals surface area contributed by atoms with Crippen LogP contribution in [0.2, 0.25) is 0 Å². The summed E-state index contributed by atoms with van der Waals surface area (Å²) in [5.74, 6) is 0.946. The largest absolute Gasteiger partial charge is 0.341 e. The van der Waals surface area contributed by atoms with Gasteiger partial charge in [-0.2, -0.15) is 0 Å². The lowest BCUT2D eigenvalue weighted by molar-refractivity contribution is 0.00429. The number of aromatic nitrogens is 2. The number of fused-ring (bicyclic) bond motifs is 1. The molecule has 8 rings (SSSR count). The van der Waals surface area contributed by atoms with Gasteiger partial charge in [0, 0.05) is 79.3 Å². The maximum Gasteiger partial charge on any atom is 0.139 e. The molecule has 4 aromatic carbocycles. The van der Waals surface area contributed by atoms with E-state index in [0.29, 0.717) is 0 Å². The van der Waals surface area contributed by atoms with Gasteiger partial charge in [-0.05, 0) is 66.8 Å². The molecule has 1 aliphatic carbocycles. The minimum Gasteiger partial charge on any atom is -0.341 e. The molecule has 0 amide bonds. The van der Waals surface area contributed by atoms with Gasteiger partial charge in [0.1, 0.15) is 5.82 Å². The molecule has 0 bridgehead atoms. The third-order valence-corrected chi connectivity index (χ3v) is 13.2. The van der Waals surface area contributed by atoms with Crippen molar-refractivity contribution in [3.05, 3.63) is 126 Å². The van der Waals surface area contributed by atoms with E-state index in [1.807, 2.05) is 11.3 Å². The number of hydrogen-bond acceptors (Lipinski definition) is 6. The quantitative estimate of drug-likeness (QED) is 0.165. The second-order valence-electron chi connectivity index (χ2n) is 12.7. The molecule has 0 atom stereocenters. The van der Waals surface area contributed by atoms with Crippen LogP contribution in [0.3, 0.4) is 0 Å². The smallest absolute Gasteiger partial charge is 0.139 e. The van der Waals surface area contributed by atoms with Crippen molar-refractivity contribution in [1.82, 2.24) is 19.8 Å². The van der Waals surface area contributed by atoms with Crippen LogP contribution < -0.4 is 0 Å². The second kappa shape index (κ2) is 14.0. The zero-order valence-electron chi connectivity index (χ0n) is 26.6. The maximum atomic E-state index is 5.00. The summed E-state index contributed by atoms with van der Waals surface area (Å²) in [5.41, 5.74) is 2.55. The van der Waals surface area contributed by atoms with Crippen molar-refractivity contribution in [2.75, 3.05) is 26.2 Å². The highest BCUT2D eigenvalue weighted by atomic mass is 32.2. The molecule has 2 fully saturated rings. The number of thiophene rings is 1. The summed E-state index contributed by atoms with van der Waals surface area (Å²) in [7, 11) is 0. The van der Waals surface area contributed by atoms with Crippen LogP contribution in [0.25, 0.3) is 21.5 Å². The first-order valence-corrected chi connectivity index (χ1v) is 19.3. The molecule has 4 nitrogen and oxygen atoms in total. The van der Waals surface area contributed by atoms with Crippen molar-refractivity contribution in [2.45, 2.75) is 63.8 Å². The molecule has 2 aromatic heterocycles. The molecule has 6 aromatic rings. The highest BCUT2D eigenvalue weighted by Gasteiger charge is 2.42. The lowest BCUT2D eigenvalue weighted by Crippen LogP contribution is -2.55. The summed E-state index contributed by atoms with van der Waals surface area (Å²) in [5, 5.41) is 1.40. The molecular weight excluding hydrogens is 633 g/mol. The molecule has 0 unspecified atom stereocenters. The molecule has 7 heteroatoms. The van der Waals surface area contributed by atoms with E-state index < -0.39 is 0 Å². The van der Waals surface area contributed by atoms with Crippen molar-refractivity contribution in [2.24, 2.45) is 0 Å². The average Bonchev–Trinajstić information content (AvgIpc) is 3.78. The number of hydrogen-bond donors (Lipinski definition) is 1. The molecule has 3 heterocycles. The van der Waals surface area contributed by atoms with E-state index in [9.17, 15) is 0 Å². The topological polar surface area (TPSA) is 35.2 Å². The number of nitrogens with one attached hydrogen (secondary N) is 1. The van der Waals surface area contributed by atoms with Gasteiger partial charge >= 0.3 is 0 Å². The first-order valence-electron chi connectivity index (χ1n) is 16.8. The molecular formula is C40H40N4S3. The third kappa shape index (κ3) is 6.70. The minimum atomic E-state index is 0.197. The Kier molecular flexibility index (Phi) is 9.24. The Balaban J connectivity index is 1.01. The van der Waals surface area contributed by atoms with Crippen molar-refractivity contribution in [1.29, 1.82) is 0 Å². The summed E-state index contributed by atoms with van der Waals surface area (Å²) in [6.45, 7) is 5.28. The zero-order chi connectivity index (χ0) is 31.5. The molecule has 1 saturated carbocycles. The van der Waals surface area contributed by atoms with E-state index in [2.05, 4.69) is 130 Å². The Labute approximate surface area is 290 Å². The molecule has 1 aliphatic heterocycles. The van der Waals surface area contributed by atoms with Gasteiger partial charge < -0.3 is 4.98 Å². The highest BCUT2D eigenvalue weighted by molar-refractivity contribution is 8.00. The van der Waals surface area contributed by atoms with Crippen LogP contribution in [0, 0.1) is 0 Å². The van der Waals surface area contributed by atoms with Crippen molar-refractivity contribution < 1.29 is 0 Å². The molecule has 47 heavy (non-hydrogen) atoms. The fraction of sp³-hybridized carbons (Fsp3) is 0.275. The lowest BCUT2D eigenvalue weighted by Gasteiger charge is -2.49. The number of H-pyrrole nitrogens is 1. The maximum absolute atomic E-state index is 5.00. The van der Waals surface area contributed by atoms with Crippen LogP contribution in [0.4, 0.5) is 0 Å². The van der Waals surface area contributed by atoms with Crippen LogP contribution in [0.15, 0.2) is 135 Å². The van der Waals surface area contributed by atoms with Gasteiger partial charge in [0.05, 0.1) is 5.54 Å². The Hall–Kier alpha value is -3.33. The lowest BCUT2D eigenvalue weighted by atomic mass is 9.78. The first kappa shape index (κ1) is 31.0. The SMILES string of the molecule is c1ccc(Sc2cccc(Sc3ccccc3)c2-c2ncc(CN3CCN(C4(c5cc6ccccc6s5)CCCCC4)CC3)[nH]2)cc1.